The molecule has 0 saturated carbocycles. The number of hydrogen-bond acceptors (Lipinski definition) is 2. The van der Waals surface area contributed by atoms with E-state index >= 15 is 0 Å². The molecule has 1 aromatic carbocycles. The van der Waals surface area contributed by atoms with Gasteiger partial charge in [0.25, 0.3) is 0 Å². The molecule has 0 aliphatic rings. The van der Waals surface area contributed by atoms with Crippen LogP contribution in [0, 0.1) is 0 Å². The number of rotatable bonds is 8. The molecule has 0 heterocycles. The topological polar surface area (TPSA) is 46.5 Å². The molecule has 0 atom stereocenters. The Morgan fingerprint density at radius 3 is 2.35 bits per heavy atom. The molecule has 0 aromatic heterocycles. The zero-order valence-corrected chi connectivity index (χ0v) is 10.4. The van der Waals surface area contributed by atoms with Crippen LogP contribution in [0.25, 0.3) is 0 Å². The number of alkyl halides is 1. The number of carbonyl (C=O) groups is 1. The molecule has 94 valence electrons. The van der Waals surface area contributed by atoms with Crippen LogP contribution >= 0.6 is 11.6 Å². The van der Waals surface area contributed by atoms with Gasteiger partial charge in [0.2, 0.25) is 0 Å². The van der Waals surface area contributed by atoms with E-state index in [0.29, 0.717) is 12.4 Å². The van der Waals surface area contributed by atoms with Crippen LogP contribution in [0.5, 0.6) is 5.75 Å². The lowest BCUT2D eigenvalue weighted by molar-refractivity contribution is 0.0697. The summed E-state index contributed by atoms with van der Waals surface area (Å²) in [5.74, 6) is 0.516. The SMILES string of the molecule is O=C(O)c1ccc(OCCCCCCCl)cc1. The monoisotopic (exact) mass is 256 g/mol. The maximum absolute atomic E-state index is 10.6. The lowest BCUT2D eigenvalue weighted by Gasteiger charge is -2.06. The van der Waals surface area contributed by atoms with Crippen molar-refractivity contribution in [3.63, 3.8) is 0 Å². The van der Waals surface area contributed by atoms with Gasteiger partial charge in [-0.05, 0) is 37.1 Å². The highest BCUT2D eigenvalue weighted by Gasteiger charge is 2.01. The molecule has 4 heteroatoms. The largest absolute Gasteiger partial charge is 0.494 e. The molecule has 0 bridgehead atoms. The third-order valence-corrected chi connectivity index (χ3v) is 2.67. The minimum absolute atomic E-state index is 0.277. The van der Waals surface area contributed by atoms with Crippen molar-refractivity contribution in [3.05, 3.63) is 29.8 Å². The summed E-state index contributed by atoms with van der Waals surface area (Å²) in [6.07, 6.45) is 4.29. The Morgan fingerprint density at radius 1 is 1.12 bits per heavy atom. The van der Waals surface area contributed by atoms with Crippen molar-refractivity contribution < 1.29 is 14.6 Å². The Balaban J connectivity index is 2.21. The van der Waals surface area contributed by atoms with E-state index in [1.807, 2.05) is 0 Å². The minimum Gasteiger partial charge on any atom is -0.494 e. The van der Waals surface area contributed by atoms with Crippen molar-refractivity contribution in [3.8, 4) is 5.75 Å². The molecule has 1 rings (SSSR count). The van der Waals surface area contributed by atoms with Gasteiger partial charge in [0, 0.05) is 5.88 Å². The van der Waals surface area contributed by atoms with E-state index < -0.39 is 5.97 Å². The lowest BCUT2D eigenvalue weighted by atomic mass is 10.2. The summed E-state index contributed by atoms with van der Waals surface area (Å²) in [6.45, 7) is 0.661. The van der Waals surface area contributed by atoms with Crippen molar-refractivity contribution in [1.82, 2.24) is 0 Å². The smallest absolute Gasteiger partial charge is 0.335 e. The van der Waals surface area contributed by atoms with Crippen LogP contribution in [0.4, 0.5) is 0 Å². The normalized spacial score (nSPS) is 10.2. The van der Waals surface area contributed by atoms with E-state index in [2.05, 4.69) is 0 Å². The summed E-state index contributed by atoms with van der Waals surface area (Å²) in [5, 5.41) is 8.72. The Morgan fingerprint density at radius 2 is 1.76 bits per heavy atom. The molecule has 0 aliphatic heterocycles. The number of aromatic carboxylic acids is 1. The zero-order valence-electron chi connectivity index (χ0n) is 9.69. The number of ether oxygens (including phenoxy) is 1. The molecular weight excluding hydrogens is 240 g/mol. The number of benzene rings is 1. The van der Waals surface area contributed by atoms with Gasteiger partial charge in [-0.25, -0.2) is 4.79 Å². The van der Waals surface area contributed by atoms with Gasteiger partial charge >= 0.3 is 5.97 Å². The third kappa shape index (κ3) is 5.59. The molecule has 0 spiro atoms. The number of carboxylic acids is 1. The average molecular weight is 257 g/mol. The number of carboxylic acid groups (broad SMARTS) is 1. The highest BCUT2D eigenvalue weighted by molar-refractivity contribution is 6.17. The summed E-state index contributed by atoms with van der Waals surface area (Å²) in [7, 11) is 0. The van der Waals surface area contributed by atoms with Crippen LogP contribution in [0.15, 0.2) is 24.3 Å². The van der Waals surface area contributed by atoms with Crippen LogP contribution in [-0.2, 0) is 0 Å². The van der Waals surface area contributed by atoms with Gasteiger partial charge in [-0.15, -0.1) is 11.6 Å². The molecule has 1 aromatic rings. The molecule has 17 heavy (non-hydrogen) atoms. The fraction of sp³-hybridized carbons (Fsp3) is 0.462. The fourth-order valence-electron chi connectivity index (χ4n) is 1.43. The summed E-state index contributed by atoms with van der Waals surface area (Å²) in [6, 6.07) is 6.46. The second kappa shape index (κ2) is 7.96. The zero-order chi connectivity index (χ0) is 12.5. The van der Waals surface area contributed by atoms with Gasteiger partial charge in [-0.3, -0.25) is 0 Å². The van der Waals surface area contributed by atoms with Crippen LogP contribution in [-0.4, -0.2) is 23.6 Å². The standard InChI is InChI=1S/C13H17ClO3/c14-9-3-1-2-4-10-17-12-7-5-11(6-8-12)13(15)16/h5-8H,1-4,9-10H2,(H,15,16). The summed E-state index contributed by atoms with van der Waals surface area (Å²) in [4.78, 5) is 10.6. The van der Waals surface area contributed by atoms with Gasteiger partial charge in [0.15, 0.2) is 0 Å². The van der Waals surface area contributed by atoms with Crippen LogP contribution in [0.3, 0.4) is 0 Å². The first-order valence-corrected chi connectivity index (χ1v) is 6.29. The minimum atomic E-state index is -0.919. The fourth-order valence-corrected chi connectivity index (χ4v) is 1.62. The van der Waals surface area contributed by atoms with Crippen molar-refractivity contribution in [2.45, 2.75) is 25.7 Å². The van der Waals surface area contributed by atoms with Crippen LogP contribution in [0.1, 0.15) is 36.0 Å². The van der Waals surface area contributed by atoms with Crippen molar-refractivity contribution in [2.24, 2.45) is 0 Å². The molecule has 0 amide bonds. The van der Waals surface area contributed by atoms with Crippen molar-refractivity contribution in [2.75, 3.05) is 12.5 Å². The van der Waals surface area contributed by atoms with E-state index in [1.165, 1.54) is 0 Å². The average Bonchev–Trinajstić information content (AvgIpc) is 2.34. The Bertz CT molecular complexity index is 335. The van der Waals surface area contributed by atoms with Crippen molar-refractivity contribution >= 4 is 17.6 Å². The van der Waals surface area contributed by atoms with Gasteiger partial charge in [-0.1, -0.05) is 12.8 Å². The van der Waals surface area contributed by atoms with Crippen LogP contribution < -0.4 is 4.74 Å². The molecule has 0 saturated heterocycles. The molecule has 3 nitrogen and oxygen atoms in total. The van der Waals surface area contributed by atoms with Gasteiger partial charge < -0.3 is 9.84 Å². The van der Waals surface area contributed by atoms with Crippen LogP contribution in [0.2, 0.25) is 0 Å². The predicted octanol–water partition coefficient (Wildman–Crippen LogP) is 3.56. The first-order chi connectivity index (χ1) is 8.24. The number of unbranched alkanes of at least 4 members (excludes halogenated alkanes) is 3. The Labute approximate surface area is 106 Å². The Kier molecular flexibility index (Phi) is 6.48. The molecular formula is C13H17ClO3. The van der Waals surface area contributed by atoms with Gasteiger partial charge in [-0.2, -0.15) is 0 Å². The number of halogens is 1. The van der Waals surface area contributed by atoms with E-state index in [9.17, 15) is 4.79 Å². The summed E-state index contributed by atoms with van der Waals surface area (Å²) >= 11 is 5.57. The first-order valence-electron chi connectivity index (χ1n) is 5.76. The highest BCUT2D eigenvalue weighted by Crippen LogP contribution is 2.13. The quantitative estimate of drug-likeness (QED) is 0.571. The molecule has 0 aliphatic carbocycles. The molecule has 0 fully saturated rings. The van der Waals surface area contributed by atoms with E-state index in [0.717, 1.165) is 31.6 Å². The van der Waals surface area contributed by atoms with E-state index in [4.69, 9.17) is 21.4 Å². The Hall–Kier alpha value is -1.22. The van der Waals surface area contributed by atoms with E-state index in [-0.39, 0.29) is 5.56 Å². The van der Waals surface area contributed by atoms with Gasteiger partial charge in [0.1, 0.15) is 5.75 Å². The second-order valence-electron chi connectivity index (χ2n) is 3.78. The van der Waals surface area contributed by atoms with E-state index in [1.54, 1.807) is 24.3 Å². The number of hydrogen-bond donors (Lipinski definition) is 1. The maximum atomic E-state index is 10.6. The third-order valence-electron chi connectivity index (χ3n) is 2.40. The second-order valence-corrected chi connectivity index (χ2v) is 4.16. The van der Waals surface area contributed by atoms with Crippen molar-refractivity contribution in [1.29, 1.82) is 0 Å². The molecule has 0 unspecified atom stereocenters. The maximum Gasteiger partial charge on any atom is 0.335 e. The first kappa shape index (κ1) is 13.8. The van der Waals surface area contributed by atoms with Gasteiger partial charge in [0.05, 0.1) is 12.2 Å². The summed E-state index contributed by atoms with van der Waals surface area (Å²) in [5.41, 5.74) is 0.277. The predicted molar refractivity (Wildman–Crippen MR) is 68.1 cm³/mol. The molecule has 1 N–H and O–H groups in total. The highest BCUT2D eigenvalue weighted by atomic mass is 35.5. The lowest BCUT2D eigenvalue weighted by Crippen LogP contribution is -1.99. The molecule has 0 radical (unpaired) electrons. The summed E-state index contributed by atoms with van der Waals surface area (Å²) < 4.78 is 5.50.